The van der Waals surface area contributed by atoms with Gasteiger partial charge in [-0.05, 0) is 30.7 Å². The minimum atomic E-state index is -0.571. The minimum Gasteiger partial charge on any atom is -0.465 e. The Bertz CT molecular complexity index is 750. The van der Waals surface area contributed by atoms with Crippen LogP contribution in [0.15, 0.2) is 47.7 Å². The molecule has 0 fully saturated rings. The van der Waals surface area contributed by atoms with Crippen LogP contribution in [0, 0.1) is 0 Å². The molecule has 0 atom stereocenters. The Kier molecular flexibility index (Phi) is 5.29. The first kappa shape index (κ1) is 17.3. The molecule has 0 N–H and O–H groups in total. The van der Waals surface area contributed by atoms with E-state index in [9.17, 15) is 9.59 Å². The number of ether oxygens (including phenoxy) is 1. The molecule has 1 aliphatic rings. The van der Waals surface area contributed by atoms with Gasteiger partial charge in [-0.2, -0.15) is 0 Å². The number of esters is 1. The summed E-state index contributed by atoms with van der Waals surface area (Å²) in [5.74, 6) is -0.868. The number of methoxy groups -OCH3 is 1. The third kappa shape index (κ3) is 3.33. The average molecular weight is 352 g/mol. The van der Waals surface area contributed by atoms with Crippen LogP contribution in [-0.4, -0.2) is 30.4 Å². The van der Waals surface area contributed by atoms with E-state index in [1.165, 1.54) is 12.0 Å². The predicted octanol–water partition coefficient (Wildman–Crippen LogP) is 3.85. The number of hydrogen-bond acceptors (Lipinski definition) is 3. The van der Waals surface area contributed by atoms with Gasteiger partial charge >= 0.3 is 5.97 Å². The van der Waals surface area contributed by atoms with Crippen molar-refractivity contribution in [2.24, 2.45) is 0 Å². The van der Waals surface area contributed by atoms with E-state index in [1.807, 2.05) is 0 Å². The zero-order chi connectivity index (χ0) is 17.1. The van der Waals surface area contributed by atoms with Gasteiger partial charge in [-0.25, -0.2) is 4.79 Å². The molecule has 0 saturated carbocycles. The Labute approximate surface area is 144 Å². The van der Waals surface area contributed by atoms with Crippen LogP contribution in [0.1, 0.15) is 12.5 Å². The smallest absolute Gasteiger partial charge is 0.340 e. The fourth-order valence-electron chi connectivity index (χ4n) is 2.35. The molecule has 0 unspecified atom stereocenters. The summed E-state index contributed by atoms with van der Waals surface area (Å²) in [6.45, 7) is 5.62. The summed E-state index contributed by atoms with van der Waals surface area (Å²) in [5, 5.41) is 0.880. The van der Waals surface area contributed by atoms with Crippen LogP contribution in [0.2, 0.25) is 10.0 Å². The van der Waals surface area contributed by atoms with Crippen LogP contribution >= 0.6 is 23.2 Å². The third-order valence-electron chi connectivity index (χ3n) is 3.48. The van der Waals surface area contributed by atoms with E-state index < -0.39 is 5.97 Å². The highest BCUT2D eigenvalue weighted by Crippen LogP contribution is 2.33. The Balaban J connectivity index is 2.58. The van der Waals surface area contributed by atoms with Gasteiger partial charge in [0.05, 0.1) is 18.3 Å². The van der Waals surface area contributed by atoms with Gasteiger partial charge in [0.15, 0.2) is 0 Å². The van der Waals surface area contributed by atoms with Crippen molar-refractivity contribution >= 4 is 41.2 Å². The number of carbonyl (C=O) groups excluding carboxylic acids is 2. The molecule has 23 heavy (non-hydrogen) atoms. The fourth-order valence-corrected chi connectivity index (χ4v) is 2.81. The normalized spacial score (nSPS) is 16.3. The molecule has 0 bridgehead atoms. The number of nitrogens with zero attached hydrogens (tertiary/aromatic N) is 1. The number of allylic oxidation sites excluding steroid dienone is 1. The first-order valence-electron chi connectivity index (χ1n) is 6.79. The second-order valence-electron chi connectivity index (χ2n) is 4.88. The summed E-state index contributed by atoms with van der Waals surface area (Å²) in [6.07, 6.45) is 3.16. The molecule has 6 heteroatoms. The maximum atomic E-state index is 12.6. The highest BCUT2D eigenvalue weighted by molar-refractivity contribution is 6.35. The van der Waals surface area contributed by atoms with Crippen LogP contribution in [0.25, 0.3) is 6.08 Å². The Morgan fingerprint density at radius 3 is 2.65 bits per heavy atom. The van der Waals surface area contributed by atoms with Crippen LogP contribution in [0.3, 0.4) is 0 Å². The molecule has 1 aromatic rings. The zero-order valence-corrected chi connectivity index (χ0v) is 14.2. The average Bonchev–Trinajstić information content (AvgIpc) is 2.74. The van der Waals surface area contributed by atoms with E-state index in [-0.39, 0.29) is 17.1 Å². The van der Waals surface area contributed by atoms with Crippen molar-refractivity contribution in [1.29, 1.82) is 0 Å². The molecule has 0 radical (unpaired) electrons. The van der Waals surface area contributed by atoms with E-state index in [0.717, 1.165) is 0 Å². The van der Waals surface area contributed by atoms with Crippen molar-refractivity contribution in [1.82, 2.24) is 4.90 Å². The largest absolute Gasteiger partial charge is 0.465 e. The van der Waals surface area contributed by atoms with Crippen molar-refractivity contribution in [3.05, 3.63) is 63.3 Å². The number of halogens is 2. The van der Waals surface area contributed by atoms with Crippen molar-refractivity contribution < 1.29 is 14.3 Å². The van der Waals surface area contributed by atoms with Crippen molar-refractivity contribution in [2.75, 3.05) is 13.7 Å². The molecule has 0 aliphatic carbocycles. The van der Waals surface area contributed by atoms with E-state index in [1.54, 1.807) is 37.3 Å². The second-order valence-corrected chi connectivity index (χ2v) is 5.72. The van der Waals surface area contributed by atoms with Gasteiger partial charge in [0.25, 0.3) is 5.91 Å². The summed E-state index contributed by atoms with van der Waals surface area (Å²) in [7, 11) is 1.27. The quantitative estimate of drug-likeness (QED) is 0.470. The maximum absolute atomic E-state index is 12.6. The standard InChI is InChI=1S/C17H15Cl2NO3/c1-4-7-20-10(2)15(17(22)23-3)13(16(20)21)8-11-5-6-12(18)9-14(11)19/h4-6,8-9H,1,7H2,2-3H3/b13-8-. The summed E-state index contributed by atoms with van der Waals surface area (Å²) < 4.78 is 4.80. The van der Waals surface area contributed by atoms with Gasteiger partial charge in [-0.1, -0.05) is 35.3 Å². The summed E-state index contributed by atoms with van der Waals surface area (Å²) >= 11 is 12.0. The Hall–Kier alpha value is -2.04. The highest BCUT2D eigenvalue weighted by atomic mass is 35.5. The van der Waals surface area contributed by atoms with Gasteiger partial charge in [-0.3, -0.25) is 4.79 Å². The summed E-state index contributed by atoms with van der Waals surface area (Å²) in [6, 6.07) is 4.92. The Morgan fingerprint density at radius 2 is 2.09 bits per heavy atom. The molecule has 0 spiro atoms. The van der Waals surface area contributed by atoms with E-state index in [0.29, 0.717) is 27.9 Å². The molecular formula is C17H15Cl2NO3. The zero-order valence-electron chi connectivity index (χ0n) is 12.7. The summed E-state index contributed by atoms with van der Waals surface area (Å²) in [5.41, 5.74) is 1.58. The minimum absolute atomic E-state index is 0.227. The fraction of sp³-hybridized carbons (Fsp3) is 0.176. The van der Waals surface area contributed by atoms with Crippen molar-refractivity contribution in [3.8, 4) is 0 Å². The number of benzene rings is 1. The van der Waals surface area contributed by atoms with Crippen molar-refractivity contribution in [3.63, 3.8) is 0 Å². The monoisotopic (exact) mass is 351 g/mol. The lowest BCUT2D eigenvalue weighted by molar-refractivity contribution is -0.136. The van der Waals surface area contributed by atoms with Crippen LogP contribution < -0.4 is 0 Å². The third-order valence-corrected chi connectivity index (χ3v) is 4.04. The van der Waals surface area contributed by atoms with Gasteiger partial charge in [0, 0.05) is 22.3 Å². The molecule has 1 aliphatic heterocycles. The molecule has 0 aromatic heterocycles. The maximum Gasteiger partial charge on any atom is 0.340 e. The lowest BCUT2D eigenvalue weighted by Gasteiger charge is -2.14. The van der Waals surface area contributed by atoms with E-state index >= 15 is 0 Å². The van der Waals surface area contributed by atoms with Crippen molar-refractivity contribution in [2.45, 2.75) is 6.92 Å². The SMILES string of the molecule is C=CCN1C(=O)/C(=C\c2ccc(Cl)cc2Cl)C(C(=O)OC)=C1C. The molecule has 1 amide bonds. The van der Waals surface area contributed by atoms with Crippen LogP contribution in [-0.2, 0) is 14.3 Å². The first-order chi connectivity index (χ1) is 10.9. The topological polar surface area (TPSA) is 46.6 Å². The number of rotatable bonds is 4. The predicted molar refractivity (Wildman–Crippen MR) is 91.1 cm³/mol. The Morgan fingerprint density at radius 1 is 1.39 bits per heavy atom. The van der Waals surface area contributed by atoms with Gasteiger partial charge in [0.2, 0.25) is 0 Å². The number of amides is 1. The lowest BCUT2D eigenvalue weighted by Crippen LogP contribution is -2.25. The number of carbonyl (C=O) groups is 2. The van der Waals surface area contributed by atoms with E-state index in [2.05, 4.69) is 6.58 Å². The van der Waals surface area contributed by atoms with Crippen LogP contribution in [0.4, 0.5) is 0 Å². The van der Waals surface area contributed by atoms with Gasteiger partial charge in [0.1, 0.15) is 0 Å². The molecule has 2 rings (SSSR count). The molecular weight excluding hydrogens is 337 g/mol. The first-order valence-corrected chi connectivity index (χ1v) is 7.55. The van der Waals surface area contributed by atoms with E-state index in [4.69, 9.17) is 27.9 Å². The summed E-state index contributed by atoms with van der Waals surface area (Å²) in [4.78, 5) is 26.2. The van der Waals surface area contributed by atoms with Crippen LogP contribution in [0.5, 0.6) is 0 Å². The van der Waals surface area contributed by atoms with Gasteiger partial charge in [-0.15, -0.1) is 6.58 Å². The number of hydrogen-bond donors (Lipinski definition) is 0. The second kappa shape index (κ2) is 7.02. The molecule has 0 saturated heterocycles. The molecule has 120 valence electrons. The van der Waals surface area contributed by atoms with Gasteiger partial charge < -0.3 is 9.64 Å². The highest BCUT2D eigenvalue weighted by Gasteiger charge is 2.36. The molecule has 1 heterocycles. The molecule has 1 aromatic carbocycles. The molecule has 4 nitrogen and oxygen atoms in total. The lowest BCUT2D eigenvalue weighted by atomic mass is 10.0.